The SMILES string of the molecule is CCC(C)Oc1nn(C)cc1N. The molecule has 1 aromatic rings. The van der Waals surface area contributed by atoms with Crippen molar-refractivity contribution in [1.82, 2.24) is 9.78 Å². The molecule has 0 spiro atoms. The number of rotatable bonds is 3. The number of nitrogens with zero attached hydrogens (tertiary/aromatic N) is 2. The Morgan fingerprint density at radius 2 is 2.42 bits per heavy atom. The lowest BCUT2D eigenvalue weighted by Gasteiger charge is -2.09. The van der Waals surface area contributed by atoms with Crippen LogP contribution >= 0.6 is 0 Å². The summed E-state index contributed by atoms with van der Waals surface area (Å²) >= 11 is 0. The zero-order valence-corrected chi connectivity index (χ0v) is 7.74. The van der Waals surface area contributed by atoms with Crippen LogP contribution in [-0.4, -0.2) is 15.9 Å². The molecule has 0 saturated heterocycles. The van der Waals surface area contributed by atoms with E-state index in [1.54, 1.807) is 10.9 Å². The van der Waals surface area contributed by atoms with Crippen LogP contribution in [-0.2, 0) is 7.05 Å². The Morgan fingerprint density at radius 1 is 1.75 bits per heavy atom. The molecular weight excluding hydrogens is 154 g/mol. The second-order valence-electron chi connectivity index (χ2n) is 2.90. The van der Waals surface area contributed by atoms with Crippen LogP contribution in [0.1, 0.15) is 20.3 Å². The quantitative estimate of drug-likeness (QED) is 0.739. The number of ether oxygens (including phenoxy) is 1. The van der Waals surface area contributed by atoms with Gasteiger partial charge in [-0.25, -0.2) is 0 Å². The molecule has 1 heterocycles. The number of hydrogen-bond acceptors (Lipinski definition) is 3. The molecule has 1 atom stereocenters. The molecule has 12 heavy (non-hydrogen) atoms. The molecule has 0 amide bonds. The molecular formula is C8H15N3O. The second kappa shape index (κ2) is 3.47. The molecule has 0 fully saturated rings. The zero-order valence-electron chi connectivity index (χ0n) is 7.74. The molecule has 0 radical (unpaired) electrons. The van der Waals surface area contributed by atoms with Gasteiger partial charge < -0.3 is 10.5 Å². The molecule has 0 aliphatic carbocycles. The maximum atomic E-state index is 5.64. The molecule has 2 N–H and O–H groups in total. The Morgan fingerprint density at radius 3 is 2.83 bits per heavy atom. The third-order valence-electron chi connectivity index (χ3n) is 1.71. The third kappa shape index (κ3) is 1.90. The first-order chi connectivity index (χ1) is 5.63. The lowest BCUT2D eigenvalue weighted by molar-refractivity contribution is 0.208. The Kier molecular flexibility index (Phi) is 2.58. The van der Waals surface area contributed by atoms with Gasteiger partial charge in [-0.2, -0.15) is 0 Å². The first-order valence-corrected chi connectivity index (χ1v) is 4.09. The Hall–Kier alpha value is -1.19. The average molecular weight is 169 g/mol. The van der Waals surface area contributed by atoms with Crippen LogP contribution < -0.4 is 10.5 Å². The van der Waals surface area contributed by atoms with Gasteiger partial charge in [0, 0.05) is 7.05 Å². The van der Waals surface area contributed by atoms with Crippen molar-refractivity contribution >= 4 is 5.69 Å². The van der Waals surface area contributed by atoms with Crippen molar-refractivity contribution in [3.63, 3.8) is 0 Å². The summed E-state index contributed by atoms with van der Waals surface area (Å²) < 4.78 is 7.10. The molecule has 4 nitrogen and oxygen atoms in total. The maximum Gasteiger partial charge on any atom is 0.256 e. The summed E-state index contributed by atoms with van der Waals surface area (Å²) in [5, 5.41) is 4.07. The summed E-state index contributed by atoms with van der Waals surface area (Å²) in [7, 11) is 1.82. The van der Waals surface area contributed by atoms with Crippen LogP contribution in [0.25, 0.3) is 0 Å². The largest absolute Gasteiger partial charge is 0.472 e. The van der Waals surface area contributed by atoms with Crippen LogP contribution in [0.4, 0.5) is 5.69 Å². The molecule has 0 saturated carbocycles. The van der Waals surface area contributed by atoms with Crippen LogP contribution in [0, 0.1) is 0 Å². The van der Waals surface area contributed by atoms with E-state index >= 15 is 0 Å². The van der Waals surface area contributed by atoms with Crippen molar-refractivity contribution < 1.29 is 4.74 Å². The Bertz CT molecular complexity index is 257. The van der Waals surface area contributed by atoms with E-state index < -0.39 is 0 Å². The fraction of sp³-hybridized carbons (Fsp3) is 0.625. The Balaban J connectivity index is 2.68. The van der Waals surface area contributed by atoms with Gasteiger partial charge in [0.2, 0.25) is 0 Å². The van der Waals surface area contributed by atoms with E-state index in [0.717, 1.165) is 6.42 Å². The minimum absolute atomic E-state index is 0.169. The highest BCUT2D eigenvalue weighted by Crippen LogP contribution is 2.19. The summed E-state index contributed by atoms with van der Waals surface area (Å²) in [6.45, 7) is 4.05. The monoisotopic (exact) mass is 169 g/mol. The topological polar surface area (TPSA) is 53.1 Å². The van der Waals surface area contributed by atoms with Crippen molar-refractivity contribution in [1.29, 1.82) is 0 Å². The molecule has 0 bridgehead atoms. The summed E-state index contributed by atoms with van der Waals surface area (Å²) in [5.74, 6) is 0.534. The molecule has 1 rings (SSSR count). The van der Waals surface area contributed by atoms with Crippen molar-refractivity contribution in [3.05, 3.63) is 6.20 Å². The highest BCUT2D eigenvalue weighted by molar-refractivity contribution is 5.45. The fourth-order valence-corrected chi connectivity index (χ4v) is 0.852. The van der Waals surface area contributed by atoms with E-state index in [2.05, 4.69) is 12.0 Å². The molecule has 0 aliphatic rings. The number of nitrogens with two attached hydrogens (primary N) is 1. The van der Waals surface area contributed by atoms with Gasteiger partial charge in [0.25, 0.3) is 5.88 Å². The van der Waals surface area contributed by atoms with E-state index in [0.29, 0.717) is 11.6 Å². The van der Waals surface area contributed by atoms with E-state index in [-0.39, 0.29) is 6.10 Å². The molecule has 1 aromatic heterocycles. The Labute approximate surface area is 72.3 Å². The highest BCUT2D eigenvalue weighted by atomic mass is 16.5. The minimum atomic E-state index is 0.169. The van der Waals surface area contributed by atoms with Crippen molar-refractivity contribution in [2.45, 2.75) is 26.4 Å². The normalized spacial score (nSPS) is 12.9. The van der Waals surface area contributed by atoms with Gasteiger partial charge in [-0.15, -0.1) is 5.10 Å². The van der Waals surface area contributed by atoms with Crippen LogP contribution in [0.2, 0.25) is 0 Å². The van der Waals surface area contributed by atoms with Gasteiger partial charge in [-0.3, -0.25) is 4.68 Å². The van der Waals surface area contributed by atoms with Crippen LogP contribution in [0.5, 0.6) is 5.88 Å². The summed E-state index contributed by atoms with van der Waals surface area (Å²) in [4.78, 5) is 0. The van der Waals surface area contributed by atoms with Crippen LogP contribution in [0.15, 0.2) is 6.20 Å². The molecule has 1 unspecified atom stereocenters. The minimum Gasteiger partial charge on any atom is -0.472 e. The summed E-state index contributed by atoms with van der Waals surface area (Å²) in [6.07, 6.45) is 2.86. The number of aryl methyl sites for hydroxylation is 1. The van der Waals surface area contributed by atoms with Gasteiger partial charge in [0.05, 0.1) is 12.3 Å². The van der Waals surface area contributed by atoms with Gasteiger partial charge in [-0.1, -0.05) is 6.92 Å². The first-order valence-electron chi connectivity index (χ1n) is 4.09. The lowest BCUT2D eigenvalue weighted by Crippen LogP contribution is -2.11. The van der Waals surface area contributed by atoms with E-state index in [1.165, 1.54) is 0 Å². The van der Waals surface area contributed by atoms with E-state index in [4.69, 9.17) is 10.5 Å². The third-order valence-corrected chi connectivity index (χ3v) is 1.71. The van der Waals surface area contributed by atoms with Gasteiger partial charge in [0.15, 0.2) is 0 Å². The van der Waals surface area contributed by atoms with Crippen LogP contribution in [0.3, 0.4) is 0 Å². The molecule has 0 aliphatic heterocycles. The number of aromatic nitrogens is 2. The van der Waals surface area contributed by atoms with E-state index in [1.807, 2.05) is 14.0 Å². The van der Waals surface area contributed by atoms with Crippen molar-refractivity contribution in [2.24, 2.45) is 7.05 Å². The predicted molar refractivity (Wildman–Crippen MR) is 48.0 cm³/mol. The number of nitrogen functional groups attached to an aromatic ring is 1. The second-order valence-corrected chi connectivity index (χ2v) is 2.90. The lowest BCUT2D eigenvalue weighted by atomic mass is 10.3. The fourth-order valence-electron chi connectivity index (χ4n) is 0.852. The van der Waals surface area contributed by atoms with Gasteiger partial charge >= 0.3 is 0 Å². The number of anilines is 1. The van der Waals surface area contributed by atoms with Crippen molar-refractivity contribution in [3.8, 4) is 5.88 Å². The van der Waals surface area contributed by atoms with Gasteiger partial charge in [0.1, 0.15) is 5.69 Å². The molecule has 4 heteroatoms. The highest BCUT2D eigenvalue weighted by Gasteiger charge is 2.07. The predicted octanol–water partition coefficient (Wildman–Crippen LogP) is 1.18. The maximum absolute atomic E-state index is 5.64. The standard InChI is InChI=1S/C8H15N3O/c1-4-6(2)12-8-7(9)5-11(3)10-8/h5-6H,4,9H2,1-3H3. The molecule has 68 valence electrons. The first kappa shape index (κ1) is 8.90. The number of hydrogen-bond donors (Lipinski definition) is 1. The zero-order chi connectivity index (χ0) is 9.14. The average Bonchev–Trinajstić information content (AvgIpc) is 2.30. The summed E-state index contributed by atoms with van der Waals surface area (Å²) in [5.41, 5.74) is 6.23. The van der Waals surface area contributed by atoms with Crippen molar-refractivity contribution in [2.75, 3.05) is 5.73 Å². The van der Waals surface area contributed by atoms with E-state index in [9.17, 15) is 0 Å². The smallest absolute Gasteiger partial charge is 0.256 e. The van der Waals surface area contributed by atoms with Gasteiger partial charge in [-0.05, 0) is 13.3 Å². The molecule has 0 aromatic carbocycles. The summed E-state index contributed by atoms with van der Waals surface area (Å²) in [6, 6.07) is 0.